The summed E-state index contributed by atoms with van der Waals surface area (Å²) in [5.41, 5.74) is 7.48. The number of sulfonamides is 1. The second kappa shape index (κ2) is 5.77. The van der Waals surface area contributed by atoms with Crippen LogP contribution in [0, 0.1) is 13.8 Å². The molecule has 2 rings (SSSR count). The third kappa shape index (κ3) is 3.36. The van der Waals surface area contributed by atoms with Crippen molar-refractivity contribution in [3.05, 3.63) is 35.8 Å². The van der Waals surface area contributed by atoms with E-state index in [1.165, 1.54) is 0 Å². The summed E-state index contributed by atoms with van der Waals surface area (Å²) in [5.74, 6) is 0.682. The Morgan fingerprint density at radius 1 is 1.33 bits per heavy atom. The van der Waals surface area contributed by atoms with Gasteiger partial charge in [0, 0.05) is 18.4 Å². The summed E-state index contributed by atoms with van der Waals surface area (Å²) in [6.07, 6.45) is 2.47. The lowest BCUT2D eigenvalue weighted by molar-refractivity contribution is 0.597. The van der Waals surface area contributed by atoms with Gasteiger partial charge in [0.05, 0.1) is 5.69 Å². The highest BCUT2D eigenvalue weighted by atomic mass is 32.2. The first-order valence-corrected chi connectivity index (χ1v) is 8.24. The predicted molar refractivity (Wildman–Crippen MR) is 83.7 cm³/mol. The molecule has 0 saturated heterocycles. The van der Waals surface area contributed by atoms with Crippen LogP contribution in [-0.4, -0.2) is 18.0 Å². The van der Waals surface area contributed by atoms with Crippen molar-refractivity contribution in [1.29, 1.82) is 0 Å². The number of nitrogen functional groups attached to an aromatic ring is 1. The maximum absolute atomic E-state index is 12.4. The second-order valence-corrected chi connectivity index (χ2v) is 6.63. The standard InChI is InChI=1S/C14H20N4O2S/c1-4-7-18-9-14(16-11(18)3)21(19,20)17-13-8-12(15)6-5-10(13)2/h5-6,8-9,17H,4,7,15H2,1-3H3. The van der Waals surface area contributed by atoms with Crippen LogP contribution in [-0.2, 0) is 16.6 Å². The highest BCUT2D eigenvalue weighted by molar-refractivity contribution is 7.92. The molecule has 2 aromatic rings. The number of imidazole rings is 1. The minimum atomic E-state index is -3.71. The van der Waals surface area contributed by atoms with Crippen LogP contribution in [0.15, 0.2) is 29.4 Å². The number of rotatable bonds is 5. The van der Waals surface area contributed by atoms with Gasteiger partial charge < -0.3 is 10.3 Å². The van der Waals surface area contributed by atoms with Gasteiger partial charge in [-0.1, -0.05) is 13.0 Å². The predicted octanol–water partition coefficient (Wildman–Crippen LogP) is 2.29. The summed E-state index contributed by atoms with van der Waals surface area (Å²) in [6, 6.07) is 5.10. The molecule has 0 atom stereocenters. The first kappa shape index (κ1) is 15.4. The Kier molecular flexibility index (Phi) is 4.22. The fourth-order valence-electron chi connectivity index (χ4n) is 2.02. The van der Waals surface area contributed by atoms with Crippen molar-refractivity contribution in [3.63, 3.8) is 0 Å². The molecule has 0 bridgehead atoms. The SMILES string of the molecule is CCCn1cc(S(=O)(=O)Nc2cc(N)ccc2C)nc1C. The molecular formula is C14H20N4O2S. The minimum absolute atomic E-state index is 0.0234. The van der Waals surface area contributed by atoms with Gasteiger partial charge in [-0.15, -0.1) is 0 Å². The number of aryl methyl sites for hydroxylation is 3. The van der Waals surface area contributed by atoms with Gasteiger partial charge in [0.2, 0.25) is 0 Å². The topological polar surface area (TPSA) is 90.0 Å². The van der Waals surface area contributed by atoms with Gasteiger partial charge in [0.15, 0.2) is 5.03 Å². The maximum atomic E-state index is 12.4. The van der Waals surface area contributed by atoms with E-state index in [0.717, 1.165) is 18.5 Å². The Hall–Kier alpha value is -2.02. The van der Waals surface area contributed by atoms with E-state index in [9.17, 15) is 8.42 Å². The van der Waals surface area contributed by atoms with Crippen LogP contribution in [0.1, 0.15) is 24.7 Å². The third-order valence-corrected chi connectivity index (χ3v) is 4.44. The number of hydrogen-bond acceptors (Lipinski definition) is 4. The van der Waals surface area contributed by atoms with Crippen molar-refractivity contribution in [2.45, 2.75) is 38.8 Å². The molecule has 0 radical (unpaired) electrons. The molecule has 1 heterocycles. The van der Waals surface area contributed by atoms with Gasteiger partial charge in [-0.3, -0.25) is 4.72 Å². The third-order valence-electron chi connectivity index (χ3n) is 3.20. The molecule has 3 N–H and O–H groups in total. The van der Waals surface area contributed by atoms with Crippen molar-refractivity contribution in [2.24, 2.45) is 0 Å². The van der Waals surface area contributed by atoms with Gasteiger partial charge in [-0.05, 0) is 38.0 Å². The fraction of sp³-hybridized carbons (Fsp3) is 0.357. The molecule has 6 nitrogen and oxygen atoms in total. The highest BCUT2D eigenvalue weighted by Gasteiger charge is 2.20. The zero-order chi connectivity index (χ0) is 15.6. The number of nitrogens with one attached hydrogen (secondary N) is 1. The number of hydrogen-bond donors (Lipinski definition) is 2. The van der Waals surface area contributed by atoms with E-state index in [-0.39, 0.29) is 5.03 Å². The summed E-state index contributed by atoms with van der Waals surface area (Å²) in [7, 11) is -3.71. The maximum Gasteiger partial charge on any atom is 0.280 e. The molecule has 0 aliphatic heterocycles. The van der Waals surface area contributed by atoms with Crippen molar-refractivity contribution in [2.75, 3.05) is 10.5 Å². The van der Waals surface area contributed by atoms with Gasteiger partial charge in [-0.2, -0.15) is 8.42 Å². The molecule has 7 heteroatoms. The number of anilines is 2. The van der Waals surface area contributed by atoms with E-state index >= 15 is 0 Å². The first-order valence-electron chi connectivity index (χ1n) is 6.76. The first-order chi connectivity index (χ1) is 9.83. The zero-order valence-electron chi connectivity index (χ0n) is 12.4. The van der Waals surface area contributed by atoms with Crippen molar-refractivity contribution >= 4 is 21.4 Å². The molecule has 1 aromatic heterocycles. The normalized spacial score (nSPS) is 11.6. The van der Waals surface area contributed by atoms with E-state index in [1.807, 2.05) is 18.4 Å². The minimum Gasteiger partial charge on any atom is -0.399 e. The fourth-order valence-corrected chi connectivity index (χ4v) is 3.15. The van der Waals surface area contributed by atoms with Gasteiger partial charge in [0.25, 0.3) is 10.0 Å². The number of nitrogens with two attached hydrogens (primary N) is 1. The van der Waals surface area contributed by atoms with E-state index in [4.69, 9.17) is 5.73 Å². The van der Waals surface area contributed by atoms with E-state index in [1.54, 1.807) is 31.3 Å². The molecule has 0 unspecified atom stereocenters. The molecule has 0 spiro atoms. The summed E-state index contributed by atoms with van der Waals surface area (Å²) in [4.78, 5) is 4.13. The molecule has 1 aromatic carbocycles. The van der Waals surface area contributed by atoms with Crippen molar-refractivity contribution in [1.82, 2.24) is 9.55 Å². The molecule has 0 saturated carbocycles. The molecule has 0 fully saturated rings. The molecule has 114 valence electrons. The molecule has 0 aliphatic rings. The molecule has 0 aliphatic carbocycles. The average Bonchev–Trinajstić information content (AvgIpc) is 2.77. The summed E-state index contributed by atoms with van der Waals surface area (Å²) in [6.45, 7) is 6.38. The van der Waals surface area contributed by atoms with Crippen LogP contribution in [0.2, 0.25) is 0 Å². The van der Waals surface area contributed by atoms with Crippen LogP contribution in [0.5, 0.6) is 0 Å². The number of nitrogens with zero attached hydrogens (tertiary/aromatic N) is 2. The van der Waals surface area contributed by atoms with Crippen LogP contribution < -0.4 is 10.5 Å². The molecule has 0 amide bonds. The number of benzene rings is 1. The monoisotopic (exact) mass is 308 g/mol. The van der Waals surface area contributed by atoms with Crippen molar-refractivity contribution < 1.29 is 8.42 Å². The Morgan fingerprint density at radius 2 is 2.05 bits per heavy atom. The van der Waals surface area contributed by atoms with Gasteiger partial charge >= 0.3 is 0 Å². The van der Waals surface area contributed by atoms with E-state index in [0.29, 0.717) is 17.2 Å². The summed E-state index contributed by atoms with van der Waals surface area (Å²) >= 11 is 0. The lowest BCUT2D eigenvalue weighted by atomic mass is 10.2. The van der Waals surface area contributed by atoms with E-state index in [2.05, 4.69) is 9.71 Å². The Balaban J connectivity index is 2.34. The highest BCUT2D eigenvalue weighted by Crippen LogP contribution is 2.22. The van der Waals surface area contributed by atoms with Crippen molar-refractivity contribution in [3.8, 4) is 0 Å². The zero-order valence-corrected chi connectivity index (χ0v) is 13.2. The van der Waals surface area contributed by atoms with Gasteiger partial charge in [-0.25, -0.2) is 4.98 Å². The average molecular weight is 308 g/mol. The van der Waals surface area contributed by atoms with Crippen LogP contribution in [0.25, 0.3) is 0 Å². The Morgan fingerprint density at radius 3 is 2.71 bits per heavy atom. The summed E-state index contributed by atoms with van der Waals surface area (Å²) < 4.78 is 29.2. The Labute approximate surface area is 125 Å². The lowest BCUT2D eigenvalue weighted by Crippen LogP contribution is -2.14. The molecule has 21 heavy (non-hydrogen) atoms. The Bertz CT molecular complexity index is 750. The largest absolute Gasteiger partial charge is 0.399 e. The lowest BCUT2D eigenvalue weighted by Gasteiger charge is -2.09. The second-order valence-electron chi connectivity index (χ2n) is 5.00. The van der Waals surface area contributed by atoms with E-state index < -0.39 is 10.0 Å². The van der Waals surface area contributed by atoms with Crippen LogP contribution >= 0.6 is 0 Å². The molecular weight excluding hydrogens is 288 g/mol. The smallest absolute Gasteiger partial charge is 0.280 e. The summed E-state index contributed by atoms with van der Waals surface area (Å²) in [5, 5.41) is 0.0234. The number of aromatic nitrogens is 2. The van der Waals surface area contributed by atoms with Crippen LogP contribution in [0.3, 0.4) is 0 Å². The quantitative estimate of drug-likeness (QED) is 0.829. The van der Waals surface area contributed by atoms with Gasteiger partial charge in [0.1, 0.15) is 5.82 Å². The van der Waals surface area contributed by atoms with Crippen LogP contribution in [0.4, 0.5) is 11.4 Å².